The molecule has 0 unspecified atom stereocenters. The molecule has 49 heavy (non-hydrogen) atoms. The lowest BCUT2D eigenvalue weighted by Crippen LogP contribution is -2.49. The molecule has 1 aliphatic rings. The zero-order valence-electron chi connectivity index (χ0n) is 27.9. The first-order valence-electron chi connectivity index (χ1n) is 16.4. The largest absolute Gasteiger partial charge is 0.493 e. The third kappa shape index (κ3) is 8.95. The highest BCUT2D eigenvalue weighted by Crippen LogP contribution is 2.28. The summed E-state index contributed by atoms with van der Waals surface area (Å²) < 4.78 is 31.3. The Morgan fingerprint density at radius 1 is 0.816 bits per heavy atom. The molecule has 2 heterocycles. The second-order valence-electron chi connectivity index (χ2n) is 11.9. The summed E-state index contributed by atoms with van der Waals surface area (Å²) in [7, 11) is 3.28. The number of methoxy groups -OCH3 is 2. The van der Waals surface area contributed by atoms with Crippen molar-refractivity contribution in [3.63, 3.8) is 0 Å². The van der Waals surface area contributed by atoms with Crippen LogP contribution in [0.5, 0.6) is 17.2 Å². The van der Waals surface area contributed by atoms with Crippen molar-refractivity contribution < 1.29 is 23.4 Å². The van der Waals surface area contributed by atoms with E-state index < -0.39 is 0 Å². The van der Waals surface area contributed by atoms with Gasteiger partial charge in [0.25, 0.3) is 5.91 Å². The van der Waals surface area contributed by atoms with Crippen LogP contribution in [0.4, 0.5) is 10.1 Å². The molecule has 8 nitrogen and oxygen atoms in total. The van der Waals surface area contributed by atoms with Gasteiger partial charge in [-0.2, -0.15) is 0 Å². The molecule has 0 bridgehead atoms. The van der Waals surface area contributed by atoms with E-state index in [1.165, 1.54) is 17.4 Å². The number of aromatic nitrogens is 1. The first-order chi connectivity index (χ1) is 24.0. The van der Waals surface area contributed by atoms with Crippen LogP contribution in [-0.4, -0.2) is 67.6 Å². The zero-order chi connectivity index (χ0) is 34.0. The van der Waals surface area contributed by atoms with Crippen LogP contribution in [0, 0.1) is 5.82 Å². The number of benzene rings is 4. The lowest BCUT2D eigenvalue weighted by atomic mass is 10.1. The third-order valence-corrected chi connectivity index (χ3v) is 9.47. The van der Waals surface area contributed by atoms with Gasteiger partial charge in [0.15, 0.2) is 11.5 Å². The molecule has 254 valence electrons. The zero-order valence-corrected chi connectivity index (χ0v) is 28.7. The number of anilines is 1. The fourth-order valence-corrected chi connectivity index (χ4v) is 6.73. The van der Waals surface area contributed by atoms with Gasteiger partial charge in [0.1, 0.15) is 28.9 Å². The van der Waals surface area contributed by atoms with Crippen molar-refractivity contribution in [3.8, 4) is 17.2 Å². The fourth-order valence-electron chi connectivity index (χ4n) is 5.92. The summed E-state index contributed by atoms with van der Waals surface area (Å²) in [6.07, 6.45) is 0.794. The van der Waals surface area contributed by atoms with Gasteiger partial charge in [-0.1, -0.05) is 60.7 Å². The van der Waals surface area contributed by atoms with Crippen LogP contribution in [0.1, 0.15) is 32.2 Å². The maximum atomic E-state index is 14.3. The average molecular weight is 681 g/mol. The Morgan fingerprint density at radius 2 is 1.53 bits per heavy atom. The molecule has 0 radical (unpaired) electrons. The molecule has 0 spiro atoms. The second kappa shape index (κ2) is 16.5. The maximum absolute atomic E-state index is 14.3. The molecule has 1 aromatic heterocycles. The monoisotopic (exact) mass is 680 g/mol. The Labute approximate surface area is 291 Å². The van der Waals surface area contributed by atoms with E-state index in [9.17, 15) is 9.18 Å². The molecule has 10 heteroatoms. The second-order valence-corrected chi connectivity index (χ2v) is 12.9. The Morgan fingerprint density at radius 3 is 2.27 bits per heavy atom. The number of thiazole rings is 1. The Balaban J connectivity index is 1.10. The summed E-state index contributed by atoms with van der Waals surface area (Å²) in [4.78, 5) is 24.4. The summed E-state index contributed by atoms with van der Waals surface area (Å²) in [5.41, 5.74) is 4.45. The Bertz CT molecular complexity index is 1810. The average Bonchev–Trinajstić information content (AvgIpc) is 3.62. The number of hydrogen-bond donors (Lipinski definition) is 0. The SMILES string of the molecule is COc1ccc(CCN(Cc2ccc(OCc3ccccc3)cc2)Cc2nc(C(=O)N3CCN(c4ccccc4F)CC3)cs2)cc1OC. The lowest BCUT2D eigenvalue weighted by Gasteiger charge is -2.35. The predicted octanol–water partition coefficient (Wildman–Crippen LogP) is 7.09. The molecule has 0 aliphatic carbocycles. The third-order valence-electron chi connectivity index (χ3n) is 8.63. The van der Waals surface area contributed by atoms with E-state index in [2.05, 4.69) is 35.2 Å². The molecule has 0 saturated carbocycles. The van der Waals surface area contributed by atoms with Gasteiger partial charge in [-0.05, 0) is 59.5 Å². The van der Waals surface area contributed by atoms with E-state index in [0.29, 0.717) is 68.8 Å². The molecule has 1 amide bonds. The first-order valence-corrected chi connectivity index (χ1v) is 17.3. The molecular formula is C39H41FN4O4S. The topological polar surface area (TPSA) is 67.4 Å². The minimum Gasteiger partial charge on any atom is -0.493 e. The number of para-hydroxylation sites is 1. The van der Waals surface area contributed by atoms with E-state index in [0.717, 1.165) is 40.4 Å². The molecule has 1 saturated heterocycles. The van der Waals surface area contributed by atoms with Crippen LogP contribution in [0.3, 0.4) is 0 Å². The van der Waals surface area contributed by atoms with Crippen LogP contribution in [0.15, 0.2) is 102 Å². The van der Waals surface area contributed by atoms with E-state index in [1.807, 2.05) is 63.7 Å². The molecule has 0 atom stereocenters. The van der Waals surface area contributed by atoms with E-state index in [4.69, 9.17) is 19.2 Å². The number of nitrogens with zero attached hydrogens (tertiary/aromatic N) is 4. The summed E-state index contributed by atoms with van der Waals surface area (Å²) in [6.45, 7) is 4.76. The van der Waals surface area contributed by atoms with Crippen LogP contribution < -0.4 is 19.1 Å². The summed E-state index contributed by atoms with van der Waals surface area (Å²) in [6, 6.07) is 31.1. The Kier molecular flexibility index (Phi) is 11.4. The van der Waals surface area contributed by atoms with E-state index >= 15 is 0 Å². The van der Waals surface area contributed by atoms with Gasteiger partial charge in [-0.25, -0.2) is 9.37 Å². The van der Waals surface area contributed by atoms with Crippen molar-refractivity contribution in [1.29, 1.82) is 0 Å². The minimum absolute atomic E-state index is 0.0846. The first kappa shape index (κ1) is 34.0. The van der Waals surface area contributed by atoms with Crippen molar-refractivity contribution in [2.45, 2.75) is 26.1 Å². The smallest absolute Gasteiger partial charge is 0.273 e. The molecular weight excluding hydrogens is 640 g/mol. The van der Waals surface area contributed by atoms with Gasteiger partial charge < -0.3 is 24.0 Å². The van der Waals surface area contributed by atoms with E-state index in [-0.39, 0.29) is 11.7 Å². The van der Waals surface area contributed by atoms with Crippen molar-refractivity contribution in [2.24, 2.45) is 0 Å². The predicted molar refractivity (Wildman–Crippen MR) is 191 cm³/mol. The maximum Gasteiger partial charge on any atom is 0.273 e. The normalized spacial score (nSPS) is 13.1. The van der Waals surface area contributed by atoms with Crippen LogP contribution >= 0.6 is 11.3 Å². The number of carbonyl (C=O) groups is 1. The number of halogens is 1. The van der Waals surface area contributed by atoms with Crippen molar-refractivity contribution in [1.82, 2.24) is 14.8 Å². The van der Waals surface area contributed by atoms with Gasteiger partial charge in [0.05, 0.1) is 26.5 Å². The van der Waals surface area contributed by atoms with Crippen molar-refractivity contribution in [3.05, 3.63) is 136 Å². The molecule has 4 aromatic carbocycles. The van der Waals surface area contributed by atoms with Crippen LogP contribution in [0.2, 0.25) is 0 Å². The van der Waals surface area contributed by atoms with Crippen molar-refractivity contribution in [2.75, 3.05) is 51.8 Å². The van der Waals surface area contributed by atoms with Gasteiger partial charge >= 0.3 is 0 Å². The lowest BCUT2D eigenvalue weighted by molar-refractivity contribution is 0.0741. The molecule has 6 rings (SSSR count). The van der Waals surface area contributed by atoms with Gasteiger partial charge in [0, 0.05) is 44.6 Å². The number of carbonyl (C=O) groups excluding carboxylic acids is 1. The molecule has 0 N–H and O–H groups in total. The highest BCUT2D eigenvalue weighted by Gasteiger charge is 2.25. The summed E-state index contributed by atoms with van der Waals surface area (Å²) in [5.74, 6) is 1.90. The van der Waals surface area contributed by atoms with Gasteiger partial charge in [0.2, 0.25) is 0 Å². The van der Waals surface area contributed by atoms with Crippen molar-refractivity contribution >= 4 is 22.9 Å². The molecule has 1 aliphatic heterocycles. The number of hydrogen-bond acceptors (Lipinski definition) is 8. The Hall–Kier alpha value is -4.93. The number of ether oxygens (including phenoxy) is 3. The van der Waals surface area contributed by atoms with Gasteiger partial charge in [-0.15, -0.1) is 11.3 Å². The highest BCUT2D eigenvalue weighted by molar-refractivity contribution is 7.09. The molecule has 5 aromatic rings. The summed E-state index contributed by atoms with van der Waals surface area (Å²) in [5, 5.41) is 2.73. The van der Waals surface area contributed by atoms with E-state index in [1.54, 1.807) is 26.4 Å². The number of piperazine rings is 1. The minimum atomic E-state index is -0.241. The van der Waals surface area contributed by atoms with Crippen LogP contribution in [-0.2, 0) is 26.1 Å². The summed E-state index contributed by atoms with van der Waals surface area (Å²) >= 11 is 1.50. The highest BCUT2D eigenvalue weighted by atomic mass is 32.1. The molecule has 1 fully saturated rings. The standard InChI is InChI=1S/C39H41FN4O4S/c1-46-36-17-14-29(24-37(36)47-2)18-19-42(25-30-12-15-32(16-13-30)48-27-31-8-4-3-5-9-31)26-38-41-34(28-49-38)39(45)44-22-20-43(21-23-44)35-11-7-6-10-33(35)40/h3-17,24,28H,18-23,25-27H2,1-2H3. The number of rotatable bonds is 14. The van der Waals surface area contributed by atoms with Crippen LogP contribution in [0.25, 0.3) is 0 Å². The fraction of sp³-hybridized carbons (Fsp3) is 0.282. The quantitative estimate of drug-likeness (QED) is 0.124. The number of amides is 1. The van der Waals surface area contributed by atoms with Gasteiger partial charge in [-0.3, -0.25) is 9.69 Å².